The number of nitrogens with zero attached hydrogens (tertiary/aromatic N) is 2. The summed E-state index contributed by atoms with van der Waals surface area (Å²) in [7, 11) is -3.99. The number of benzene rings is 2. The van der Waals surface area contributed by atoms with E-state index in [2.05, 4.69) is 9.82 Å². The van der Waals surface area contributed by atoms with Crippen LogP contribution in [0.5, 0.6) is 0 Å². The first kappa shape index (κ1) is 19.9. The van der Waals surface area contributed by atoms with Crippen LogP contribution in [-0.2, 0) is 14.8 Å². The maximum absolute atomic E-state index is 12.8. The van der Waals surface area contributed by atoms with E-state index in [1.54, 1.807) is 19.1 Å². The van der Waals surface area contributed by atoms with Gasteiger partial charge < -0.3 is 4.74 Å². The quantitative estimate of drug-likeness (QED) is 0.613. The average Bonchev–Trinajstić information content (AvgIpc) is 3.06. The first-order valence-corrected chi connectivity index (χ1v) is 10.3. The van der Waals surface area contributed by atoms with Crippen LogP contribution in [0.25, 0.3) is 5.69 Å². The molecule has 9 heteroatoms. The highest BCUT2D eigenvalue weighted by atomic mass is 35.5. The molecule has 1 heterocycles. The van der Waals surface area contributed by atoms with E-state index in [1.165, 1.54) is 35.1 Å². The number of anilines is 1. The Labute approximate surface area is 168 Å². The molecule has 0 fully saturated rings. The van der Waals surface area contributed by atoms with Gasteiger partial charge in [-0.05, 0) is 50.2 Å². The number of hydrogen-bond acceptors (Lipinski definition) is 5. The van der Waals surface area contributed by atoms with E-state index in [4.69, 9.17) is 16.3 Å². The van der Waals surface area contributed by atoms with Gasteiger partial charge in [0.25, 0.3) is 10.0 Å². The summed E-state index contributed by atoms with van der Waals surface area (Å²) in [5.41, 5.74) is 1.64. The fraction of sp³-hybridized carbons (Fsp3) is 0.158. The van der Waals surface area contributed by atoms with E-state index >= 15 is 0 Å². The number of hydrogen-bond donors (Lipinski definition) is 1. The van der Waals surface area contributed by atoms with E-state index in [0.29, 0.717) is 10.7 Å². The predicted molar refractivity (Wildman–Crippen MR) is 107 cm³/mol. The Bertz CT molecular complexity index is 1090. The molecule has 0 aliphatic rings. The Morgan fingerprint density at radius 3 is 2.39 bits per heavy atom. The molecule has 0 saturated carbocycles. The number of aryl methyl sites for hydroxylation is 1. The molecule has 0 saturated heterocycles. The summed E-state index contributed by atoms with van der Waals surface area (Å²) in [4.78, 5) is 12.3. The number of rotatable bonds is 6. The molecule has 1 N–H and O–H groups in total. The zero-order valence-electron chi connectivity index (χ0n) is 15.2. The van der Waals surface area contributed by atoms with E-state index in [9.17, 15) is 13.2 Å². The molecule has 0 bridgehead atoms. The van der Waals surface area contributed by atoms with Gasteiger partial charge in [-0.2, -0.15) is 5.10 Å². The van der Waals surface area contributed by atoms with Crippen molar-refractivity contribution in [2.45, 2.75) is 18.7 Å². The van der Waals surface area contributed by atoms with Gasteiger partial charge in [0.15, 0.2) is 5.82 Å². The van der Waals surface area contributed by atoms with Crippen LogP contribution in [0.3, 0.4) is 0 Å². The standard InChI is InChI=1S/C19H18ClN3O4S/c1-3-27-19(24)17-12-21-23(15-8-4-13(2)5-9-15)18(17)22-28(25,26)16-10-6-14(20)7-11-16/h4-12,22H,3H2,1-2H3. The lowest BCUT2D eigenvalue weighted by Gasteiger charge is -2.13. The number of nitrogens with one attached hydrogen (secondary N) is 1. The van der Waals surface area contributed by atoms with Crippen LogP contribution in [0, 0.1) is 6.92 Å². The predicted octanol–water partition coefficient (Wildman–Crippen LogP) is 3.81. The molecule has 7 nitrogen and oxygen atoms in total. The third kappa shape index (κ3) is 4.18. The number of carbonyl (C=O) groups excluding carboxylic acids is 1. The minimum Gasteiger partial charge on any atom is -0.462 e. The number of sulfonamides is 1. The molecular formula is C19H18ClN3O4S. The summed E-state index contributed by atoms with van der Waals surface area (Å²) in [6.45, 7) is 3.75. The number of halogens is 1. The maximum Gasteiger partial charge on any atom is 0.343 e. The summed E-state index contributed by atoms with van der Waals surface area (Å²) in [5, 5.41) is 4.59. The van der Waals surface area contributed by atoms with Crippen LogP contribution in [0.2, 0.25) is 5.02 Å². The van der Waals surface area contributed by atoms with E-state index < -0.39 is 16.0 Å². The highest BCUT2D eigenvalue weighted by Gasteiger charge is 2.25. The molecule has 0 aliphatic carbocycles. The molecule has 0 spiro atoms. The Balaban J connectivity index is 2.08. The minimum absolute atomic E-state index is 0.00254. The van der Waals surface area contributed by atoms with Crippen LogP contribution in [0.1, 0.15) is 22.8 Å². The average molecular weight is 420 g/mol. The van der Waals surface area contributed by atoms with E-state index in [-0.39, 0.29) is 22.9 Å². The molecule has 0 atom stereocenters. The second-order valence-corrected chi connectivity index (χ2v) is 8.05. The van der Waals surface area contributed by atoms with Gasteiger partial charge in [0.05, 0.1) is 23.4 Å². The Morgan fingerprint density at radius 2 is 1.79 bits per heavy atom. The number of ether oxygens (including phenoxy) is 1. The van der Waals surface area contributed by atoms with Crippen molar-refractivity contribution in [2.75, 3.05) is 11.3 Å². The number of esters is 1. The summed E-state index contributed by atoms with van der Waals surface area (Å²) in [6, 6.07) is 13.0. The topological polar surface area (TPSA) is 90.3 Å². The fourth-order valence-corrected chi connectivity index (χ4v) is 3.68. The fourth-order valence-electron chi connectivity index (χ4n) is 2.49. The van der Waals surface area contributed by atoms with Gasteiger partial charge in [-0.3, -0.25) is 4.72 Å². The van der Waals surface area contributed by atoms with Crippen molar-refractivity contribution >= 4 is 33.4 Å². The van der Waals surface area contributed by atoms with Gasteiger partial charge in [0.1, 0.15) is 5.56 Å². The molecule has 1 aromatic heterocycles. The summed E-state index contributed by atoms with van der Waals surface area (Å²) in [5.74, 6) is -0.674. The monoisotopic (exact) mass is 419 g/mol. The lowest BCUT2D eigenvalue weighted by Crippen LogP contribution is -2.18. The Hall–Kier alpha value is -2.84. The SMILES string of the molecule is CCOC(=O)c1cnn(-c2ccc(C)cc2)c1NS(=O)(=O)c1ccc(Cl)cc1. The van der Waals surface area contributed by atoms with Crippen LogP contribution in [-0.4, -0.2) is 30.8 Å². The zero-order valence-corrected chi connectivity index (χ0v) is 16.8. The van der Waals surface area contributed by atoms with Gasteiger partial charge >= 0.3 is 5.97 Å². The smallest absolute Gasteiger partial charge is 0.343 e. The minimum atomic E-state index is -3.99. The summed E-state index contributed by atoms with van der Waals surface area (Å²) < 4.78 is 34.5. The first-order valence-electron chi connectivity index (χ1n) is 8.42. The van der Waals surface area contributed by atoms with Gasteiger partial charge in [0, 0.05) is 5.02 Å². The van der Waals surface area contributed by atoms with Crippen LogP contribution in [0.15, 0.2) is 59.6 Å². The first-order chi connectivity index (χ1) is 13.3. The Kier molecular flexibility index (Phi) is 5.71. The Morgan fingerprint density at radius 1 is 1.14 bits per heavy atom. The second kappa shape index (κ2) is 8.04. The van der Waals surface area contributed by atoms with Crippen LogP contribution < -0.4 is 4.72 Å². The van der Waals surface area contributed by atoms with Crippen molar-refractivity contribution in [1.29, 1.82) is 0 Å². The van der Waals surface area contributed by atoms with E-state index in [0.717, 1.165) is 5.56 Å². The van der Waals surface area contributed by atoms with Gasteiger partial charge in [0.2, 0.25) is 0 Å². The van der Waals surface area contributed by atoms with Crippen molar-refractivity contribution in [1.82, 2.24) is 9.78 Å². The molecule has 2 aromatic carbocycles. The third-order valence-electron chi connectivity index (χ3n) is 3.90. The lowest BCUT2D eigenvalue weighted by atomic mass is 10.2. The molecule has 28 heavy (non-hydrogen) atoms. The summed E-state index contributed by atoms with van der Waals surface area (Å²) >= 11 is 5.83. The largest absolute Gasteiger partial charge is 0.462 e. The zero-order chi connectivity index (χ0) is 20.3. The molecular weight excluding hydrogens is 402 g/mol. The van der Waals surface area contributed by atoms with Crippen LogP contribution in [0.4, 0.5) is 5.82 Å². The molecule has 0 unspecified atom stereocenters. The number of carbonyl (C=O) groups is 1. The molecule has 146 valence electrons. The lowest BCUT2D eigenvalue weighted by molar-refractivity contribution is 0.0527. The van der Waals surface area contributed by atoms with Gasteiger partial charge in [-0.1, -0.05) is 29.3 Å². The third-order valence-corrected chi connectivity index (χ3v) is 5.50. The van der Waals surface area contributed by atoms with E-state index in [1.807, 2.05) is 19.1 Å². The number of aromatic nitrogens is 2. The molecule has 0 radical (unpaired) electrons. The van der Waals surface area contributed by atoms with Crippen molar-refractivity contribution < 1.29 is 17.9 Å². The van der Waals surface area contributed by atoms with Gasteiger partial charge in [-0.25, -0.2) is 17.9 Å². The highest BCUT2D eigenvalue weighted by Crippen LogP contribution is 2.25. The van der Waals surface area contributed by atoms with Crippen molar-refractivity contribution in [2.24, 2.45) is 0 Å². The van der Waals surface area contributed by atoms with Crippen molar-refractivity contribution in [3.63, 3.8) is 0 Å². The molecule has 3 aromatic rings. The molecule has 3 rings (SSSR count). The second-order valence-electron chi connectivity index (χ2n) is 5.93. The van der Waals surface area contributed by atoms with Crippen molar-refractivity contribution in [3.8, 4) is 5.69 Å². The van der Waals surface area contributed by atoms with Crippen LogP contribution >= 0.6 is 11.6 Å². The highest BCUT2D eigenvalue weighted by molar-refractivity contribution is 7.92. The maximum atomic E-state index is 12.8. The normalized spacial score (nSPS) is 11.2. The summed E-state index contributed by atoms with van der Waals surface area (Å²) in [6.07, 6.45) is 1.28. The van der Waals surface area contributed by atoms with Gasteiger partial charge in [-0.15, -0.1) is 0 Å². The molecule has 0 amide bonds. The van der Waals surface area contributed by atoms with Crippen molar-refractivity contribution in [3.05, 3.63) is 70.9 Å². The molecule has 0 aliphatic heterocycles.